The fraction of sp³-hybridized carbons (Fsp3) is 0.625. The summed E-state index contributed by atoms with van der Waals surface area (Å²) in [5, 5.41) is 0.854. The summed E-state index contributed by atoms with van der Waals surface area (Å²) in [6.45, 7) is 9.85. The first kappa shape index (κ1) is 15.6. The third-order valence-electron chi connectivity index (χ3n) is 3.82. The van der Waals surface area contributed by atoms with E-state index < -0.39 is 0 Å². The molecule has 1 aromatic rings. The highest BCUT2D eigenvalue weighted by Crippen LogP contribution is 2.28. The van der Waals surface area contributed by atoms with Gasteiger partial charge in [-0.3, -0.25) is 4.90 Å². The van der Waals surface area contributed by atoms with E-state index >= 15 is 0 Å². The number of rotatable bonds is 5. The van der Waals surface area contributed by atoms with Crippen LogP contribution in [-0.2, 0) is 6.42 Å². The Morgan fingerprint density at radius 1 is 1.25 bits per heavy atom. The van der Waals surface area contributed by atoms with Crippen molar-refractivity contribution in [1.82, 2.24) is 4.90 Å². The van der Waals surface area contributed by atoms with Gasteiger partial charge >= 0.3 is 0 Å². The fourth-order valence-electron chi connectivity index (χ4n) is 2.83. The first-order valence-electron chi connectivity index (χ1n) is 7.61. The van der Waals surface area contributed by atoms with Crippen LogP contribution in [0.1, 0.15) is 25.8 Å². The summed E-state index contributed by atoms with van der Waals surface area (Å²) in [6, 6.07) is 6.55. The Hall–Kier alpha value is -0.770. The van der Waals surface area contributed by atoms with Crippen LogP contribution in [0.15, 0.2) is 18.2 Å². The molecule has 0 bridgehead atoms. The third kappa shape index (κ3) is 4.11. The minimum Gasteiger partial charge on any atom is -0.368 e. The minimum absolute atomic E-state index is 0.175. The SMILES string of the molecule is CCCN1CCN(c2ccc(CC(C)N)cc2Cl)CC1. The average Bonchev–Trinajstić information content (AvgIpc) is 2.40. The van der Waals surface area contributed by atoms with Crippen LogP contribution in [0.5, 0.6) is 0 Å². The molecule has 112 valence electrons. The Morgan fingerprint density at radius 2 is 1.95 bits per heavy atom. The summed E-state index contributed by atoms with van der Waals surface area (Å²) in [5.74, 6) is 0. The molecule has 0 saturated carbocycles. The molecule has 0 amide bonds. The first-order valence-corrected chi connectivity index (χ1v) is 7.99. The number of halogens is 1. The molecule has 2 rings (SSSR count). The molecule has 1 aromatic carbocycles. The van der Waals surface area contributed by atoms with Crippen molar-refractivity contribution in [1.29, 1.82) is 0 Å². The van der Waals surface area contributed by atoms with Gasteiger partial charge in [-0.1, -0.05) is 24.6 Å². The lowest BCUT2D eigenvalue weighted by Gasteiger charge is -2.36. The zero-order chi connectivity index (χ0) is 14.5. The van der Waals surface area contributed by atoms with Crippen LogP contribution < -0.4 is 10.6 Å². The Balaban J connectivity index is 1.99. The number of anilines is 1. The zero-order valence-corrected chi connectivity index (χ0v) is 13.4. The molecule has 20 heavy (non-hydrogen) atoms. The molecule has 1 fully saturated rings. The normalized spacial score (nSPS) is 18.3. The highest BCUT2D eigenvalue weighted by molar-refractivity contribution is 6.33. The maximum atomic E-state index is 6.45. The molecular weight excluding hydrogens is 270 g/mol. The van der Waals surface area contributed by atoms with Gasteiger partial charge in [-0.2, -0.15) is 0 Å². The van der Waals surface area contributed by atoms with Crippen LogP contribution in [-0.4, -0.2) is 43.7 Å². The van der Waals surface area contributed by atoms with E-state index in [1.54, 1.807) is 0 Å². The minimum atomic E-state index is 0.175. The number of hydrogen-bond donors (Lipinski definition) is 1. The van der Waals surface area contributed by atoms with Crippen LogP contribution in [0, 0.1) is 0 Å². The average molecular weight is 296 g/mol. The third-order valence-corrected chi connectivity index (χ3v) is 4.13. The number of nitrogens with zero attached hydrogens (tertiary/aromatic N) is 2. The lowest BCUT2D eigenvalue weighted by molar-refractivity contribution is 0.258. The highest BCUT2D eigenvalue weighted by atomic mass is 35.5. The molecule has 1 heterocycles. The van der Waals surface area contributed by atoms with Gasteiger partial charge < -0.3 is 10.6 Å². The predicted octanol–water partition coefficient (Wildman–Crippen LogP) is 2.76. The molecule has 0 spiro atoms. The second-order valence-electron chi connectivity index (χ2n) is 5.80. The molecule has 1 saturated heterocycles. The fourth-order valence-corrected chi connectivity index (χ4v) is 3.16. The summed E-state index contributed by atoms with van der Waals surface area (Å²) in [6.07, 6.45) is 2.11. The molecule has 1 unspecified atom stereocenters. The van der Waals surface area contributed by atoms with E-state index in [2.05, 4.69) is 34.9 Å². The molecule has 1 aliphatic rings. The van der Waals surface area contributed by atoms with Crippen molar-refractivity contribution >= 4 is 17.3 Å². The van der Waals surface area contributed by atoms with Crippen molar-refractivity contribution in [3.8, 4) is 0 Å². The smallest absolute Gasteiger partial charge is 0.0642 e. The molecule has 1 atom stereocenters. The predicted molar refractivity (Wildman–Crippen MR) is 87.7 cm³/mol. The maximum Gasteiger partial charge on any atom is 0.0642 e. The lowest BCUT2D eigenvalue weighted by atomic mass is 10.1. The Bertz CT molecular complexity index is 426. The van der Waals surface area contributed by atoms with Crippen molar-refractivity contribution < 1.29 is 0 Å². The van der Waals surface area contributed by atoms with Gasteiger partial charge in [0.15, 0.2) is 0 Å². The Morgan fingerprint density at radius 3 is 2.50 bits per heavy atom. The van der Waals surface area contributed by atoms with Crippen molar-refractivity contribution in [2.24, 2.45) is 5.73 Å². The summed E-state index contributed by atoms with van der Waals surface area (Å²) in [7, 11) is 0. The second kappa shape index (κ2) is 7.30. The van der Waals surface area contributed by atoms with E-state index in [0.717, 1.165) is 43.3 Å². The van der Waals surface area contributed by atoms with Crippen LogP contribution in [0.25, 0.3) is 0 Å². The van der Waals surface area contributed by atoms with E-state index in [-0.39, 0.29) is 6.04 Å². The zero-order valence-electron chi connectivity index (χ0n) is 12.6. The van der Waals surface area contributed by atoms with Gasteiger partial charge in [0.1, 0.15) is 0 Å². The van der Waals surface area contributed by atoms with Crippen LogP contribution >= 0.6 is 11.6 Å². The molecule has 0 radical (unpaired) electrons. The standard InChI is InChI=1S/C16H26ClN3/c1-3-6-19-7-9-20(10-8-19)16-5-4-14(11-13(2)18)12-15(16)17/h4-5,12-13H,3,6-11,18H2,1-2H3. The molecule has 1 aliphatic heterocycles. The summed E-state index contributed by atoms with van der Waals surface area (Å²) < 4.78 is 0. The van der Waals surface area contributed by atoms with Crippen LogP contribution in [0.3, 0.4) is 0 Å². The number of hydrogen-bond acceptors (Lipinski definition) is 3. The molecular formula is C16H26ClN3. The van der Waals surface area contributed by atoms with Gasteiger partial charge in [0.2, 0.25) is 0 Å². The van der Waals surface area contributed by atoms with E-state index in [1.807, 2.05) is 6.92 Å². The molecule has 0 aliphatic carbocycles. The Kier molecular flexibility index (Phi) is 5.70. The quantitative estimate of drug-likeness (QED) is 0.907. The largest absolute Gasteiger partial charge is 0.368 e. The van der Waals surface area contributed by atoms with Crippen molar-refractivity contribution in [3.63, 3.8) is 0 Å². The summed E-state index contributed by atoms with van der Waals surface area (Å²) >= 11 is 6.45. The molecule has 4 heteroatoms. The Labute approximate surface area is 127 Å². The van der Waals surface area contributed by atoms with Crippen molar-refractivity contribution in [2.45, 2.75) is 32.7 Å². The number of benzene rings is 1. The van der Waals surface area contributed by atoms with Gasteiger partial charge in [0, 0.05) is 32.2 Å². The summed E-state index contributed by atoms with van der Waals surface area (Å²) in [4.78, 5) is 4.92. The number of nitrogens with two attached hydrogens (primary N) is 1. The first-order chi connectivity index (χ1) is 9.60. The van der Waals surface area contributed by atoms with Crippen molar-refractivity contribution in [2.75, 3.05) is 37.6 Å². The highest BCUT2D eigenvalue weighted by Gasteiger charge is 2.18. The lowest BCUT2D eigenvalue weighted by Crippen LogP contribution is -2.46. The van der Waals surface area contributed by atoms with E-state index in [0.29, 0.717) is 0 Å². The van der Waals surface area contributed by atoms with Crippen molar-refractivity contribution in [3.05, 3.63) is 28.8 Å². The van der Waals surface area contributed by atoms with E-state index in [4.69, 9.17) is 17.3 Å². The van der Waals surface area contributed by atoms with Crippen LogP contribution in [0.2, 0.25) is 5.02 Å². The maximum absolute atomic E-state index is 6.45. The van der Waals surface area contributed by atoms with Gasteiger partial charge in [-0.15, -0.1) is 0 Å². The van der Waals surface area contributed by atoms with Gasteiger partial charge in [-0.25, -0.2) is 0 Å². The topological polar surface area (TPSA) is 32.5 Å². The summed E-state index contributed by atoms with van der Waals surface area (Å²) in [5.41, 5.74) is 8.22. The second-order valence-corrected chi connectivity index (χ2v) is 6.20. The number of piperazine rings is 1. The van der Waals surface area contributed by atoms with Crippen LogP contribution in [0.4, 0.5) is 5.69 Å². The van der Waals surface area contributed by atoms with E-state index in [9.17, 15) is 0 Å². The monoisotopic (exact) mass is 295 g/mol. The van der Waals surface area contributed by atoms with E-state index in [1.165, 1.54) is 18.5 Å². The molecule has 2 N–H and O–H groups in total. The van der Waals surface area contributed by atoms with Gasteiger partial charge in [-0.05, 0) is 44.0 Å². The van der Waals surface area contributed by atoms with Gasteiger partial charge in [0.25, 0.3) is 0 Å². The molecule has 3 nitrogen and oxygen atoms in total. The molecule has 0 aromatic heterocycles. The van der Waals surface area contributed by atoms with Gasteiger partial charge in [0.05, 0.1) is 10.7 Å².